The number of methoxy groups -OCH3 is 1. The molecule has 0 saturated carbocycles. The summed E-state index contributed by atoms with van der Waals surface area (Å²) in [6.07, 6.45) is 0. The lowest BCUT2D eigenvalue weighted by Gasteiger charge is -2.24. The van der Waals surface area contributed by atoms with E-state index < -0.39 is 9.84 Å². The molecule has 1 aromatic carbocycles. The Hall–Kier alpha value is -1.54. The Bertz CT molecular complexity index is 728. The molecule has 2 atom stereocenters. The van der Waals surface area contributed by atoms with Gasteiger partial charge in [0.05, 0.1) is 24.7 Å². The van der Waals surface area contributed by atoms with Gasteiger partial charge in [0.1, 0.15) is 5.75 Å². The van der Waals surface area contributed by atoms with Gasteiger partial charge in [-0.2, -0.15) is 4.99 Å². The Labute approximate surface area is 133 Å². The van der Waals surface area contributed by atoms with E-state index >= 15 is 0 Å². The van der Waals surface area contributed by atoms with E-state index in [4.69, 9.17) is 4.74 Å². The summed E-state index contributed by atoms with van der Waals surface area (Å²) < 4.78 is 28.9. The molecule has 2 aliphatic heterocycles. The van der Waals surface area contributed by atoms with Crippen LogP contribution in [0.4, 0.5) is 5.69 Å². The van der Waals surface area contributed by atoms with Gasteiger partial charge >= 0.3 is 0 Å². The fraction of sp³-hybridized carbons (Fsp3) is 0.429. The number of ether oxygens (including phenoxy) is 1. The van der Waals surface area contributed by atoms with Crippen LogP contribution in [0.2, 0.25) is 0 Å². The summed E-state index contributed by atoms with van der Waals surface area (Å²) in [7, 11) is -1.45. The van der Waals surface area contributed by atoms with Crippen LogP contribution in [0.25, 0.3) is 0 Å². The average molecular weight is 340 g/mol. The lowest BCUT2D eigenvalue weighted by Crippen LogP contribution is -2.37. The number of benzene rings is 1. The largest absolute Gasteiger partial charge is 0.497 e. The molecule has 0 aromatic heterocycles. The van der Waals surface area contributed by atoms with Gasteiger partial charge in [-0.15, -0.1) is 0 Å². The maximum absolute atomic E-state index is 11.9. The Morgan fingerprint density at radius 3 is 2.59 bits per heavy atom. The van der Waals surface area contributed by atoms with E-state index in [2.05, 4.69) is 4.99 Å². The average Bonchev–Trinajstić information content (AvgIpc) is 2.89. The first-order chi connectivity index (χ1) is 10.4. The number of amides is 1. The molecule has 0 aliphatic carbocycles. The van der Waals surface area contributed by atoms with Crippen LogP contribution in [0.3, 0.4) is 0 Å². The molecule has 1 aromatic rings. The number of sulfone groups is 1. The first-order valence-electron chi connectivity index (χ1n) is 6.79. The van der Waals surface area contributed by atoms with Crippen LogP contribution < -0.4 is 9.64 Å². The van der Waals surface area contributed by atoms with E-state index in [0.29, 0.717) is 5.17 Å². The van der Waals surface area contributed by atoms with Gasteiger partial charge in [0.15, 0.2) is 15.0 Å². The van der Waals surface area contributed by atoms with Crippen molar-refractivity contribution in [3.63, 3.8) is 0 Å². The summed E-state index contributed by atoms with van der Waals surface area (Å²) in [5.74, 6) is 0.652. The minimum Gasteiger partial charge on any atom is -0.497 e. The standard InChI is InChI=1S/C14H16N2O4S2/c1-9(17)15-14-16(10-3-5-11(20-2)6-4-10)12-7-22(18,19)8-13(12)21-14/h3-6,12-13H,7-8H2,1-2H3/t12-,13-/m0/s1. The first-order valence-corrected chi connectivity index (χ1v) is 9.49. The highest BCUT2D eigenvalue weighted by molar-refractivity contribution is 8.16. The van der Waals surface area contributed by atoms with Crippen molar-refractivity contribution in [1.82, 2.24) is 0 Å². The molecule has 0 spiro atoms. The molecule has 8 heteroatoms. The van der Waals surface area contributed by atoms with Gasteiger partial charge in [0.25, 0.3) is 0 Å². The Kier molecular flexibility index (Phi) is 3.90. The molecule has 2 saturated heterocycles. The fourth-order valence-corrected chi connectivity index (χ4v) is 6.70. The molecule has 1 amide bonds. The van der Waals surface area contributed by atoms with E-state index in [1.807, 2.05) is 29.2 Å². The van der Waals surface area contributed by atoms with Crippen molar-refractivity contribution in [3.8, 4) is 5.75 Å². The van der Waals surface area contributed by atoms with Crippen LogP contribution in [-0.4, -0.2) is 49.4 Å². The number of amidine groups is 1. The SMILES string of the molecule is COc1ccc(N2C(=NC(C)=O)S[C@H]3CS(=O)(=O)C[C@@H]32)cc1. The van der Waals surface area contributed by atoms with Gasteiger partial charge in [-0.25, -0.2) is 8.42 Å². The van der Waals surface area contributed by atoms with E-state index in [1.165, 1.54) is 18.7 Å². The number of rotatable bonds is 2. The minimum absolute atomic E-state index is 0.0785. The van der Waals surface area contributed by atoms with Crippen molar-refractivity contribution >= 4 is 38.4 Å². The van der Waals surface area contributed by atoms with Crippen LogP contribution in [0.1, 0.15) is 6.92 Å². The maximum Gasteiger partial charge on any atom is 0.244 e. The molecule has 0 unspecified atom stereocenters. The molecule has 118 valence electrons. The maximum atomic E-state index is 11.9. The van der Waals surface area contributed by atoms with Gasteiger partial charge in [-0.3, -0.25) is 4.79 Å². The fourth-order valence-electron chi connectivity index (χ4n) is 2.74. The van der Waals surface area contributed by atoms with E-state index in [0.717, 1.165) is 11.4 Å². The van der Waals surface area contributed by atoms with Crippen LogP contribution in [0, 0.1) is 0 Å². The summed E-state index contributed by atoms with van der Waals surface area (Å²) in [6.45, 7) is 1.39. The Balaban J connectivity index is 2.00. The third kappa shape index (κ3) is 2.85. The second-order valence-electron chi connectivity index (χ2n) is 5.28. The predicted octanol–water partition coefficient (Wildman–Crippen LogP) is 1.32. The smallest absolute Gasteiger partial charge is 0.244 e. The number of carbonyl (C=O) groups is 1. The zero-order chi connectivity index (χ0) is 15.9. The number of aliphatic imine (C=N–C) groups is 1. The zero-order valence-corrected chi connectivity index (χ0v) is 13.9. The number of carbonyl (C=O) groups excluding carboxylic acids is 1. The number of anilines is 1. The Morgan fingerprint density at radius 1 is 1.32 bits per heavy atom. The molecule has 0 N–H and O–H groups in total. The van der Waals surface area contributed by atoms with Crippen LogP contribution >= 0.6 is 11.8 Å². The summed E-state index contributed by atoms with van der Waals surface area (Å²) in [6, 6.07) is 7.14. The van der Waals surface area contributed by atoms with Crippen molar-refractivity contribution in [2.75, 3.05) is 23.5 Å². The predicted molar refractivity (Wildman–Crippen MR) is 87.4 cm³/mol. The van der Waals surface area contributed by atoms with Crippen molar-refractivity contribution in [2.45, 2.75) is 18.2 Å². The molecule has 22 heavy (non-hydrogen) atoms. The Morgan fingerprint density at radius 2 is 2.00 bits per heavy atom. The number of hydrogen-bond acceptors (Lipinski definition) is 5. The minimum atomic E-state index is -3.04. The van der Waals surface area contributed by atoms with E-state index in [1.54, 1.807) is 7.11 Å². The topological polar surface area (TPSA) is 76.0 Å². The molecule has 0 bridgehead atoms. The molecule has 3 rings (SSSR count). The summed E-state index contributed by atoms with van der Waals surface area (Å²) in [5.41, 5.74) is 0.818. The second-order valence-corrected chi connectivity index (χ2v) is 8.64. The van der Waals surface area contributed by atoms with Gasteiger partial charge in [0.2, 0.25) is 5.91 Å². The molecule has 2 fully saturated rings. The highest BCUT2D eigenvalue weighted by atomic mass is 32.2. The number of thioether (sulfide) groups is 1. The van der Waals surface area contributed by atoms with Crippen LogP contribution in [0.15, 0.2) is 29.3 Å². The summed E-state index contributed by atoms with van der Waals surface area (Å²) in [4.78, 5) is 17.3. The monoisotopic (exact) mass is 340 g/mol. The molecular weight excluding hydrogens is 324 g/mol. The summed E-state index contributed by atoms with van der Waals surface area (Å²) >= 11 is 1.37. The van der Waals surface area contributed by atoms with Gasteiger partial charge < -0.3 is 9.64 Å². The molecule has 2 heterocycles. The third-order valence-corrected chi connectivity index (χ3v) is 6.88. The lowest BCUT2D eigenvalue weighted by molar-refractivity contribution is -0.115. The van der Waals surface area contributed by atoms with Crippen LogP contribution in [0.5, 0.6) is 5.75 Å². The molecular formula is C14H16N2O4S2. The highest BCUT2D eigenvalue weighted by Crippen LogP contribution is 2.41. The summed E-state index contributed by atoms with van der Waals surface area (Å²) in [5, 5.41) is 0.493. The second kappa shape index (κ2) is 5.58. The highest BCUT2D eigenvalue weighted by Gasteiger charge is 2.49. The van der Waals surface area contributed by atoms with Gasteiger partial charge in [-0.05, 0) is 24.3 Å². The molecule has 6 nitrogen and oxygen atoms in total. The number of nitrogens with zero attached hydrogens (tertiary/aromatic N) is 2. The molecule has 0 radical (unpaired) electrons. The van der Waals surface area contributed by atoms with Crippen molar-refractivity contribution < 1.29 is 17.9 Å². The quantitative estimate of drug-likeness (QED) is 0.808. The van der Waals surface area contributed by atoms with E-state index in [-0.39, 0.29) is 28.7 Å². The van der Waals surface area contributed by atoms with Gasteiger partial charge in [0, 0.05) is 17.9 Å². The van der Waals surface area contributed by atoms with Crippen molar-refractivity contribution in [1.29, 1.82) is 0 Å². The van der Waals surface area contributed by atoms with Crippen molar-refractivity contribution in [3.05, 3.63) is 24.3 Å². The number of fused-ring (bicyclic) bond motifs is 1. The number of hydrogen-bond donors (Lipinski definition) is 0. The lowest BCUT2D eigenvalue weighted by atomic mass is 10.2. The first kappa shape index (κ1) is 15.4. The van der Waals surface area contributed by atoms with Crippen molar-refractivity contribution in [2.24, 2.45) is 4.99 Å². The van der Waals surface area contributed by atoms with Crippen LogP contribution in [-0.2, 0) is 14.6 Å². The van der Waals surface area contributed by atoms with E-state index in [9.17, 15) is 13.2 Å². The third-order valence-electron chi connectivity index (χ3n) is 3.67. The van der Waals surface area contributed by atoms with Gasteiger partial charge in [-0.1, -0.05) is 11.8 Å². The normalized spacial score (nSPS) is 27.9. The molecule has 2 aliphatic rings. The zero-order valence-electron chi connectivity index (χ0n) is 12.2.